The van der Waals surface area contributed by atoms with Crippen molar-refractivity contribution in [2.24, 2.45) is 11.8 Å². The van der Waals surface area contributed by atoms with E-state index in [-0.39, 0.29) is 5.56 Å². The summed E-state index contributed by atoms with van der Waals surface area (Å²) >= 11 is 2.07. The first-order valence-corrected chi connectivity index (χ1v) is 6.65. The predicted molar refractivity (Wildman–Crippen MR) is 72.7 cm³/mol. The Morgan fingerprint density at radius 2 is 2.25 bits per heavy atom. The molecule has 1 aromatic heterocycles. The van der Waals surface area contributed by atoms with Crippen LogP contribution < -0.4 is 10.5 Å². The van der Waals surface area contributed by atoms with Gasteiger partial charge in [-0.25, -0.2) is 4.98 Å². The largest absolute Gasteiger partial charge is 0.355 e. The Hall–Kier alpha value is -0.590. The van der Waals surface area contributed by atoms with Crippen molar-refractivity contribution in [2.45, 2.75) is 20.3 Å². The second kappa shape index (κ2) is 4.73. The molecule has 0 radical (unpaired) electrons. The zero-order valence-corrected chi connectivity index (χ0v) is 11.7. The number of H-pyrrole nitrogens is 1. The number of halogens is 1. The molecule has 2 heterocycles. The van der Waals surface area contributed by atoms with E-state index in [1.165, 1.54) is 12.7 Å². The molecule has 16 heavy (non-hydrogen) atoms. The molecule has 4 nitrogen and oxygen atoms in total. The van der Waals surface area contributed by atoms with Gasteiger partial charge in [0.1, 0.15) is 9.39 Å². The number of nitrogens with one attached hydrogen (secondary N) is 1. The summed E-state index contributed by atoms with van der Waals surface area (Å²) in [7, 11) is 0. The Bertz CT molecular complexity index is 431. The van der Waals surface area contributed by atoms with Crippen molar-refractivity contribution >= 4 is 28.4 Å². The van der Waals surface area contributed by atoms with Crippen LogP contribution in [0.25, 0.3) is 0 Å². The molecule has 1 saturated heterocycles. The van der Waals surface area contributed by atoms with Gasteiger partial charge < -0.3 is 9.88 Å². The van der Waals surface area contributed by atoms with E-state index in [1.807, 2.05) is 0 Å². The number of rotatable bonds is 1. The maximum atomic E-state index is 11.5. The van der Waals surface area contributed by atoms with E-state index in [4.69, 9.17) is 0 Å². The van der Waals surface area contributed by atoms with E-state index >= 15 is 0 Å². The Balaban J connectivity index is 2.25. The molecule has 0 amide bonds. The summed E-state index contributed by atoms with van der Waals surface area (Å²) in [5.41, 5.74) is -0.0446. The van der Waals surface area contributed by atoms with Gasteiger partial charge in [0.2, 0.25) is 0 Å². The first-order chi connectivity index (χ1) is 7.59. The number of nitrogens with zero attached hydrogens (tertiary/aromatic N) is 2. The van der Waals surface area contributed by atoms with Crippen LogP contribution >= 0.6 is 22.6 Å². The molecular weight excluding hydrogens is 317 g/mol. The van der Waals surface area contributed by atoms with Gasteiger partial charge in [-0.1, -0.05) is 13.8 Å². The summed E-state index contributed by atoms with van der Waals surface area (Å²) in [5, 5.41) is 0. The molecular formula is C11H16IN3O. The van der Waals surface area contributed by atoms with Gasteiger partial charge in [-0.15, -0.1) is 0 Å². The average Bonchev–Trinajstić information content (AvgIpc) is 2.26. The molecule has 0 saturated carbocycles. The number of anilines is 1. The molecule has 5 heteroatoms. The minimum absolute atomic E-state index is 0.0446. The van der Waals surface area contributed by atoms with Gasteiger partial charge in [0.25, 0.3) is 5.56 Å². The molecule has 1 aliphatic heterocycles. The monoisotopic (exact) mass is 333 g/mol. The molecule has 0 spiro atoms. The molecule has 2 rings (SSSR count). The van der Waals surface area contributed by atoms with Gasteiger partial charge >= 0.3 is 0 Å². The minimum atomic E-state index is -0.0446. The lowest BCUT2D eigenvalue weighted by molar-refractivity contribution is 0.322. The summed E-state index contributed by atoms with van der Waals surface area (Å²) in [6.45, 7) is 6.54. The summed E-state index contributed by atoms with van der Waals surface area (Å²) in [6, 6.07) is 0. The summed E-state index contributed by atoms with van der Waals surface area (Å²) in [5.74, 6) is 2.25. The molecule has 1 N–H and O–H groups in total. The lowest BCUT2D eigenvalue weighted by Crippen LogP contribution is -2.40. The van der Waals surface area contributed by atoms with Crippen LogP contribution in [0.2, 0.25) is 0 Å². The topological polar surface area (TPSA) is 49.0 Å². The van der Waals surface area contributed by atoms with Crippen molar-refractivity contribution in [1.82, 2.24) is 9.97 Å². The first kappa shape index (κ1) is 11.9. The first-order valence-electron chi connectivity index (χ1n) is 5.57. The van der Waals surface area contributed by atoms with Gasteiger partial charge in [-0.2, -0.15) is 0 Å². The van der Waals surface area contributed by atoms with Crippen LogP contribution in [-0.4, -0.2) is 23.1 Å². The van der Waals surface area contributed by atoms with E-state index in [2.05, 4.69) is 51.3 Å². The second-order valence-electron chi connectivity index (χ2n) is 4.56. The molecule has 0 aromatic carbocycles. The fraction of sp³-hybridized carbons (Fsp3) is 0.636. The minimum Gasteiger partial charge on any atom is -0.355 e. The Morgan fingerprint density at radius 3 is 2.94 bits per heavy atom. The fourth-order valence-corrected chi connectivity index (χ4v) is 2.69. The van der Waals surface area contributed by atoms with Crippen molar-refractivity contribution in [1.29, 1.82) is 0 Å². The fourth-order valence-electron chi connectivity index (χ4n) is 2.05. The Labute approximate surface area is 109 Å². The van der Waals surface area contributed by atoms with E-state index in [0.29, 0.717) is 9.49 Å². The van der Waals surface area contributed by atoms with Crippen LogP contribution in [0.1, 0.15) is 20.3 Å². The number of hydrogen-bond acceptors (Lipinski definition) is 3. The molecule has 2 unspecified atom stereocenters. The van der Waals surface area contributed by atoms with Crippen molar-refractivity contribution in [3.05, 3.63) is 20.3 Å². The number of hydrogen-bond donors (Lipinski definition) is 1. The molecule has 1 aromatic rings. The zero-order chi connectivity index (χ0) is 11.7. The highest BCUT2D eigenvalue weighted by Crippen LogP contribution is 2.26. The van der Waals surface area contributed by atoms with Crippen LogP contribution in [-0.2, 0) is 0 Å². The third kappa shape index (κ3) is 2.23. The number of piperidine rings is 1. The molecule has 0 bridgehead atoms. The maximum absolute atomic E-state index is 11.5. The SMILES string of the molecule is CC1CCN(c2nc[nH]c(=O)c2I)CC1C. The van der Waals surface area contributed by atoms with Gasteiger partial charge in [-0.05, 0) is 40.8 Å². The highest BCUT2D eigenvalue weighted by atomic mass is 127. The van der Waals surface area contributed by atoms with Crippen LogP contribution in [0.4, 0.5) is 5.82 Å². The summed E-state index contributed by atoms with van der Waals surface area (Å²) in [6.07, 6.45) is 2.66. The van der Waals surface area contributed by atoms with Crippen LogP contribution in [0.5, 0.6) is 0 Å². The predicted octanol–water partition coefficient (Wildman–Crippen LogP) is 1.86. The third-order valence-electron chi connectivity index (χ3n) is 3.41. The Morgan fingerprint density at radius 1 is 1.50 bits per heavy atom. The lowest BCUT2D eigenvalue weighted by Gasteiger charge is -2.36. The van der Waals surface area contributed by atoms with E-state index in [1.54, 1.807) is 0 Å². The van der Waals surface area contributed by atoms with Gasteiger partial charge in [0.05, 0.1) is 6.33 Å². The van der Waals surface area contributed by atoms with Gasteiger partial charge in [0, 0.05) is 13.1 Å². The van der Waals surface area contributed by atoms with E-state index < -0.39 is 0 Å². The van der Waals surface area contributed by atoms with Crippen molar-refractivity contribution < 1.29 is 0 Å². The second-order valence-corrected chi connectivity index (χ2v) is 5.64. The average molecular weight is 333 g/mol. The Kier molecular flexibility index (Phi) is 3.51. The quantitative estimate of drug-likeness (QED) is 0.798. The summed E-state index contributed by atoms with van der Waals surface area (Å²) < 4.78 is 0.696. The number of aromatic amines is 1. The highest BCUT2D eigenvalue weighted by Gasteiger charge is 2.25. The molecule has 1 fully saturated rings. The number of aromatic nitrogens is 2. The maximum Gasteiger partial charge on any atom is 0.266 e. The van der Waals surface area contributed by atoms with Crippen molar-refractivity contribution in [3.8, 4) is 0 Å². The van der Waals surface area contributed by atoms with Gasteiger partial charge in [-0.3, -0.25) is 4.79 Å². The van der Waals surface area contributed by atoms with Crippen molar-refractivity contribution in [2.75, 3.05) is 18.0 Å². The normalized spacial score (nSPS) is 25.8. The molecule has 0 aliphatic carbocycles. The summed E-state index contributed by atoms with van der Waals surface area (Å²) in [4.78, 5) is 20.6. The lowest BCUT2D eigenvalue weighted by atomic mass is 9.89. The third-order valence-corrected chi connectivity index (χ3v) is 4.38. The van der Waals surface area contributed by atoms with Crippen molar-refractivity contribution in [3.63, 3.8) is 0 Å². The van der Waals surface area contributed by atoms with Crippen LogP contribution in [0.15, 0.2) is 11.1 Å². The van der Waals surface area contributed by atoms with Gasteiger partial charge in [0.15, 0.2) is 0 Å². The zero-order valence-electron chi connectivity index (χ0n) is 9.53. The molecule has 2 atom stereocenters. The van der Waals surface area contributed by atoms with E-state index in [0.717, 1.165) is 24.8 Å². The van der Waals surface area contributed by atoms with E-state index in [9.17, 15) is 4.79 Å². The molecule has 1 aliphatic rings. The highest BCUT2D eigenvalue weighted by molar-refractivity contribution is 14.1. The smallest absolute Gasteiger partial charge is 0.266 e. The molecule has 88 valence electrons. The van der Waals surface area contributed by atoms with Crippen LogP contribution in [0.3, 0.4) is 0 Å². The van der Waals surface area contributed by atoms with Crippen LogP contribution in [0, 0.1) is 15.4 Å². The standard InChI is InChI=1S/C11H16IN3O/c1-7-3-4-15(5-8(7)2)10-9(12)11(16)14-6-13-10/h6-8H,3-5H2,1-2H3,(H,13,14,16).